The van der Waals surface area contributed by atoms with E-state index in [-0.39, 0.29) is 18.1 Å². The minimum absolute atomic E-state index is 0.00757. The minimum atomic E-state index is -0.0841. The molecular formula is C16H19N3O2. The molecule has 1 saturated heterocycles. The van der Waals surface area contributed by atoms with Gasteiger partial charge in [0.25, 0.3) is 5.91 Å². The maximum Gasteiger partial charge on any atom is 0.290 e. The predicted molar refractivity (Wildman–Crippen MR) is 78.8 cm³/mol. The van der Waals surface area contributed by atoms with Gasteiger partial charge in [-0.05, 0) is 12.5 Å². The number of carbonyl (C=O) groups is 1. The van der Waals surface area contributed by atoms with Gasteiger partial charge in [0, 0.05) is 26.0 Å². The Hall–Kier alpha value is -2.14. The highest BCUT2D eigenvalue weighted by molar-refractivity contribution is 5.90. The molecule has 1 aliphatic heterocycles. The summed E-state index contributed by atoms with van der Waals surface area (Å²) in [6, 6.07) is 10.0. The van der Waals surface area contributed by atoms with Gasteiger partial charge < -0.3 is 14.2 Å². The van der Waals surface area contributed by atoms with Gasteiger partial charge in [-0.2, -0.15) is 0 Å². The van der Waals surface area contributed by atoms with E-state index in [1.54, 1.807) is 17.0 Å². The number of benzene rings is 1. The molecule has 1 aliphatic rings. The minimum Gasteiger partial charge on any atom is -0.367 e. The van der Waals surface area contributed by atoms with E-state index in [1.807, 2.05) is 49.2 Å². The van der Waals surface area contributed by atoms with Crippen LogP contribution in [0.5, 0.6) is 0 Å². The molecule has 2 aromatic rings. The molecule has 5 nitrogen and oxygen atoms in total. The van der Waals surface area contributed by atoms with E-state index < -0.39 is 0 Å². The van der Waals surface area contributed by atoms with Gasteiger partial charge in [0.2, 0.25) is 0 Å². The molecule has 1 aromatic heterocycles. The van der Waals surface area contributed by atoms with Crippen LogP contribution >= 0.6 is 0 Å². The Morgan fingerprint density at radius 2 is 2.05 bits per heavy atom. The third kappa shape index (κ3) is 2.83. The third-order valence-electron chi connectivity index (χ3n) is 3.73. The molecule has 110 valence electrons. The van der Waals surface area contributed by atoms with Crippen molar-refractivity contribution >= 4 is 5.91 Å². The molecule has 0 radical (unpaired) electrons. The first-order valence-corrected chi connectivity index (χ1v) is 7.12. The number of amides is 1. The number of imidazole rings is 1. The second-order valence-electron chi connectivity index (χ2n) is 5.42. The fraction of sp³-hybridized carbons (Fsp3) is 0.375. The summed E-state index contributed by atoms with van der Waals surface area (Å²) in [4.78, 5) is 18.6. The highest BCUT2D eigenvalue weighted by atomic mass is 16.5. The number of aryl methyl sites for hydroxylation is 1. The number of morpholine rings is 1. The van der Waals surface area contributed by atoms with Crippen molar-refractivity contribution in [3.63, 3.8) is 0 Å². The summed E-state index contributed by atoms with van der Waals surface area (Å²) in [7, 11) is 1.83. The molecule has 0 spiro atoms. The van der Waals surface area contributed by atoms with Crippen LogP contribution in [0.25, 0.3) is 0 Å². The lowest BCUT2D eigenvalue weighted by molar-refractivity contribution is -0.0694. The Kier molecular flexibility index (Phi) is 3.75. The van der Waals surface area contributed by atoms with E-state index in [0.29, 0.717) is 18.9 Å². The molecule has 2 heterocycles. The van der Waals surface area contributed by atoms with Crippen LogP contribution in [0, 0.1) is 0 Å². The van der Waals surface area contributed by atoms with Crippen LogP contribution in [0.2, 0.25) is 0 Å². The first kappa shape index (κ1) is 13.8. The van der Waals surface area contributed by atoms with Gasteiger partial charge in [0.1, 0.15) is 6.10 Å². The molecule has 1 aromatic carbocycles. The monoisotopic (exact) mass is 285 g/mol. The number of rotatable bonds is 2. The Labute approximate surface area is 124 Å². The molecule has 21 heavy (non-hydrogen) atoms. The summed E-state index contributed by atoms with van der Waals surface area (Å²) < 4.78 is 7.73. The highest BCUT2D eigenvalue weighted by Gasteiger charge is 2.31. The fourth-order valence-corrected chi connectivity index (χ4v) is 2.68. The normalized spacial score (nSPS) is 22.3. The highest BCUT2D eigenvalue weighted by Crippen LogP contribution is 2.25. The van der Waals surface area contributed by atoms with Gasteiger partial charge >= 0.3 is 0 Å². The SMILES string of the molecule is CC1CN(C(=O)c2nccn2C)CC(c2ccccc2)O1. The lowest BCUT2D eigenvalue weighted by atomic mass is 10.1. The average molecular weight is 285 g/mol. The number of hydrogen-bond donors (Lipinski definition) is 0. The number of hydrogen-bond acceptors (Lipinski definition) is 3. The van der Waals surface area contributed by atoms with E-state index in [4.69, 9.17) is 4.74 Å². The van der Waals surface area contributed by atoms with Crippen LogP contribution in [0.15, 0.2) is 42.7 Å². The maximum absolute atomic E-state index is 12.6. The van der Waals surface area contributed by atoms with Gasteiger partial charge in [0.15, 0.2) is 5.82 Å². The summed E-state index contributed by atoms with van der Waals surface area (Å²) in [5, 5.41) is 0. The lowest BCUT2D eigenvalue weighted by Crippen LogP contribution is -2.46. The number of ether oxygens (including phenoxy) is 1. The van der Waals surface area contributed by atoms with Crippen LogP contribution in [0.4, 0.5) is 0 Å². The van der Waals surface area contributed by atoms with E-state index in [9.17, 15) is 4.79 Å². The lowest BCUT2D eigenvalue weighted by Gasteiger charge is -2.36. The van der Waals surface area contributed by atoms with E-state index in [1.165, 1.54) is 0 Å². The number of nitrogens with zero attached hydrogens (tertiary/aromatic N) is 3. The van der Waals surface area contributed by atoms with Crippen molar-refractivity contribution in [2.45, 2.75) is 19.1 Å². The third-order valence-corrected chi connectivity index (χ3v) is 3.73. The summed E-state index contributed by atoms with van der Waals surface area (Å²) in [5.74, 6) is 0.425. The molecule has 0 aliphatic carbocycles. The zero-order valence-electron chi connectivity index (χ0n) is 12.3. The molecule has 0 bridgehead atoms. The Morgan fingerprint density at radius 1 is 1.29 bits per heavy atom. The molecule has 5 heteroatoms. The molecule has 0 N–H and O–H groups in total. The van der Waals surface area contributed by atoms with Crippen molar-refractivity contribution in [1.82, 2.24) is 14.5 Å². The molecule has 1 amide bonds. The molecule has 0 saturated carbocycles. The van der Waals surface area contributed by atoms with Crippen molar-refractivity contribution in [2.75, 3.05) is 13.1 Å². The predicted octanol–water partition coefficient (Wildman–Crippen LogP) is 2.02. The largest absolute Gasteiger partial charge is 0.367 e. The Balaban J connectivity index is 1.80. The topological polar surface area (TPSA) is 47.4 Å². The summed E-state index contributed by atoms with van der Waals surface area (Å²) >= 11 is 0. The Morgan fingerprint density at radius 3 is 2.71 bits per heavy atom. The summed E-state index contributed by atoms with van der Waals surface area (Å²) in [6.45, 7) is 3.14. The van der Waals surface area contributed by atoms with Crippen molar-refractivity contribution < 1.29 is 9.53 Å². The van der Waals surface area contributed by atoms with Gasteiger partial charge in [-0.25, -0.2) is 4.98 Å². The zero-order chi connectivity index (χ0) is 14.8. The van der Waals surface area contributed by atoms with Gasteiger partial charge in [-0.1, -0.05) is 30.3 Å². The van der Waals surface area contributed by atoms with Gasteiger partial charge in [0.05, 0.1) is 12.6 Å². The first-order chi connectivity index (χ1) is 10.1. The maximum atomic E-state index is 12.6. The Bertz CT molecular complexity index is 623. The van der Waals surface area contributed by atoms with Crippen molar-refractivity contribution in [3.05, 3.63) is 54.1 Å². The van der Waals surface area contributed by atoms with Crippen molar-refractivity contribution in [1.29, 1.82) is 0 Å². The molecular weight excluding hydrogens is 266 g/mol. The van der Waals surface area contributed by atoms with Crippen molar-refractivity contribution in [3.8, 4) is 0 Å². The van der Waals surface area contributed by atoms with E-state index >= 15 is 0 Å². The van der Waals surface area contributed by atoms with Crippen LogP contribution in [-0.4, -0.2) is 39.6 Å². The van der Waals surface area contributed by atoms with E-state index in [2.05, 4.69) is 4.98 Å². The fourth-order valence-electron chi connectivity index (χ4n) is 2.68. The zero-order valence-corrected chi connectivity index (χ0v) is 12.3. The quantitative estimate of drug-likeness (QED) is 0.848. The van der Waals surface area contributed by atoms with Crippen LogP contribution in [-0.2, 0) is 11.8 Å². The van der Waals surface area contributed by atoms with Gasteiger partial charge in [-0.3, -0.25) is 4.79 Å². The van der Waals surface area contributed by atoms with Gasteiger partial charge in [-0.15, -0.1) is 0 Å². The molecule has 3 rings (SSSR count). The summed E-state index contributed by atoms with van der Waals surface area (Å²) in [5.41, 5.74) is 1.10. The number of aromatic nitrogens is 2. The number of carbonyl (C=O) groups excluding carboxylic acids is 1. The molecule has 1 fully saturated rings. The second-order valence-corrected chi connectivity index (χ2v) is 5.42. The summed E-state index contributed by atoms with van der Waals surface area (Å²) in [6.07, 6.45) is 3.35. The van der Waals surface area contributed by atoms with Crippen molar-refractivity contribution in [2.24, 2.45) is 7.05 Å². The van der Waals surface area contributed by atoms with Crippen LogP contribution in [0.1, 0.15) is 29.2 Å². The van der Waals surface area contributed by atoms with Crippen LogP contribution in [0.3, 0.4) is 0 Å². The smallest absolute Gasteiger partial charge is 0.290 e. The first-order valence-electron chi connectivity index (χ1n) is 7.12. The van der Waals surface area contributed by atoms with E-state index in [0.717, 1.165) is 5.56 Å². The molecule has 2 unspecified atom stereocenters. The van der Waals surface area contributed by atoms with Crippen LogP contribution < -0.4 is 0 Å². The second kappa shape index (κ2) is 5.69. The standard InChI is InChI=1S/C16H19N3O2/c1-12-10-19(16(20)15-17-8-9-18(15)2)11-14(21-12)13-6-4-3-5-7-13/h3-9,12,14H,10-11H2,1-2H3. The molecule has 2 atom stereocenters. The average Bonchev–Trinajstić information content (AvgIpc) is 2.93.